The number of nitrogens with zero attached hydrogens (tertiary/aromatic N) is 2. The van der Waals surface area contributed by atoms with Crippen molar-refractivity contribution < 1.29 is 14.3 Å². The number of carbonyl (C=O) groups excluding carboxylic acids is 2. The molecule has 7 nitrogen and oxygen atoms in total. The minimum Gasteiger partial charge on any atom is -0.462 e. The average molecular weight is 384 g/mol. The molecule has 0 amide bonds. The molecule has 3 rings (SSSR count). The van der Waals surface area contributed by atoms with Gasteiger partial charge >= 0.3 is 5.97 Å². The Labute approximate surface area is 160 Å². The quantitative estimate of drug-likeness (QED) is 0.290. The molecule has 0 spiro atoms. The van der Waals surface area contributed by atoms with Gasteiger partial charge in [-0.15, -0.1) is 0 Å². The van der Waals surface area contributed by atoms with Gasteiger partial charge in [0.15, 0.2) is 10.9 Å². The van der Waals surface area contributed by atoms with Crippen LogP contribution >= 0.6 is 11.8 Å². The number of ether oxygens (including phenoxy) is 1. The van der Waals surface area contributed by atoms with Gasteiger partial charge in [-0.2, -0.15) is 0 Å². The van der Waals surface area contributed by atoms with Crippen LogP contribution in [0.1, 0.15) is 40.3 Å². The third-order valence-electron chi connectivity index (χ3n) is 4.08. The van der Waals surface area contributed by atoms with Gasteiger partial charge in [-0.05, 0) is 26.8 Å². The third-order valence-corrected chi connectivity index (χ3v) is 5.06. The molecule has 1 atom stereocenters. The number of fused-ring (bicyclic) bond motifs is 1. The monoisotopic (exact) mass is 384 g/mol. The predicted molar refractivity (Wildman–Crippen MR) is 105 cm³/mol. The molecule has 0 aliphatic heterocycles. The van der Waals surface area contributed by atoms with Crippen LogP contribution in [0, 0.1) is 6.92 Å². The smallest absolute Gasteiger partial charge is 0.343 e. The van der Waals surface area contributed by atoms with E-state index in [1.807, 2.05) is 31.2 Å². The van der Waals surface area contributed by atoms with E-state index in [4.69, 9.17) is 10.5 Å². The van der Waals surface area contributed by atoms with E-state index in [-0.39, 0.29) is 23.8 Å². The number of hydrogen-bond acceptors (Lipinski definition) is 7. The molecule has 2 heterocycles. The lowest BCUT2D eigenvalue weighted by molar-refractivity contribution is 0.0526. The molecule has 0 saturated carbocycles. The summed E-state index contributed by atoms with van der Waals surface area (Å²) in [5.74, 6) is -0.550. The van der Waals surface area contributed by atoms with Gasteiger partial charge in [-0.3, -0.25) is 4.79 Å². The van der Waals surface area contributed by atoms with Gasteiger partial charge in [0, 0.05) is 28.4 Å². The maximum atomic E-state index is 13.0. The summed E-state index contributed by atoms with van der Waals surface area (Å²) >= 11 is 1.20. The summed E-state index contributed by atoms with van der Waals surface area (Å²) in [6.45, 7) is 5.63. The van der Waals surface area contributed by atoms with Crippen molar-refractivity contribution in [3.05, 3.63) is 47.3 Å². The van der Waals surface area contributed by atoms with E-state index < -0.39 is 11.2 Å². The number of nitrogens with two attached hydrogens (primary N) is 1. The molecule has 1 aromatic carbocycles. The fourth-order valence-electron chi connectivity index (χ4n) is 2.81. The molecule has 0 saturated heterocycles. The van der Waals surface area contributed by atoms with Crippen molar-refractivity contribution >= 4 is 40.2 Å². The van der Waals surface area contributed by atoms with Crippen LogP contribution in [-0.2, 0) is 4.74 Å². The number of thioether (sulfide) groups is 1. The van der Waals surface area contributed by atoms with Crippen LogP contribution in [0.2, 0.25) is 0 Å². The SMILES string of the molecule is CCOC(=O)c1cnc(S[C@H](C)C(=O)c2c(C)[nH]c3ccccc23)nc1N. The normalized spacial score (nSPS) is 12.1. The Morgan fingerprint density at radius 2 is 2.07 bits per heavy atom. The van der Waals surface area contributed by atoms with E-state index in [1.165, 1.54) is 18.0 Å². The first-order valence-electron chi connectivity index (χ1n) is 8.50. The number of nitrogen functional groups attached to an aromatic ring is 1. The molecule has 0 radical (unpaired) electrons. The lowest BCUT2D eigenvalue weighted by Gasteiger charge is -2.11. The molecule has 0 aliphatic rings. The zero-order valence-corrected chi connectivity index (χ0v) is 16.1. The van der Waals surface area contributed by atoms with Crippen molar-refractivity contribution in [3.63, 3.8) is 0 Å². The van der Waals surface area contributed by atoms with Crippen molar-refractivity contribution in [2.45, 2.75) is 31.2 Å². The second-order valence-electron chi connectivity index (χ2n) is 5.97. The number of carbonyl (C=O) groups is 2. The number of anilines is 1. The minimum absolute atomic E-state index is 0.0217. The Morgan fingerprint density at radius 3 is 2.78 bits per heavy atom. The van der Waals surface area contributed by atoms with Crippen molar-refractivity contribution in [3.8, 4) is 0 Å². The summed E-state index contributed by atoms with van der Waals surface area (Å²) in [4.78, 5) is 36.3. The highest BCUT2D eigenvalue weighted by molar-refractivity contribution is 8.00. The Kier molecular flexibility index (Phi) is 5.46. The Morgan fingerprint density at radius 1 is 1.33 bits per heavy atom. The highest BCUT2D eigenvalue weighted by atomic mass is 32.2. The number of nitrogens with one attached hydrogen (secondary N) is 1. The molecular formula is C19H20N4O3S. The van der Waals surface area contributed by atoms with Gasteiger partial charge < -0.3 is 15.5 Å². The fraction of sp³-hybridized carbons (Fsp3) is 0.263. The van der Waals surface area contributed by atoms with Crippen molar-refractivity contribution in [2.75, 3.05) is 12.3 Å². The van der Waals surface area contributed by atoms with Crippen LogP contribution in [0.15, 0.2) is 35.6 Å². The van der Waals surface area contributed by atoms with Crippen molar-refractivity contribution in [2.24, 2.45) is 0 Å². The molecular weight excluding hydrogens is 364 g/mol. The van der Waals surface area contributed by atoms with Crippen LogP contribution in [0.4, 0.5) is 5.82 Å². The molecule has 0 bridgehead atoms. The van der Waals surface area contributed by atoms with E-state index in [2.05, 4.69) is 15.0 Å². The number of para-hydroxylation sites is 1. The summed E-state index contributed by atoms with van der Waals surface area (Å²) in [5.41, 5.74) is 8.38. The first-order valence-corrected chi connectivity index (χ1v) is 9.38. The Hall–Kier alpha value is -2.87. The second kappa shape index (κ2) is 7.79. The van der Waals surface area contributed by atoms with Crippen LogP contribution in [0.3, 0.4) is 0 Å². The number of esters is 1. The zero-order chi connectivity index (χ0) is 19.6. The predicted octanol–water partition coefficient (Wildman–Crippen LogP) is 3.39. The van der Waals surface area contributed by atoms with Crippen LogP contribution in [-0.4, -0.2) is 38.6 Å². The maximum Gasteiger partial charge on any atom is 0.343 e. The van der Waals surface area contributed by atoms with E-state index in [1.54, 1.807) is 13.8 Å². The first-order chi connectivity index (χ1) is 12.9. The van der Waals surface area contributed by atoms with E-state index in [0.29, 0.717) is 10.7 Å². The van der Waals surface area contributed by atoms with Gasteiger partial charge in [0.1, 0.15) is 11.4 Å². The summed E-state index contributed by atoms with van der Waals surface area (Å²) in [6.07, 6.45) is 1.33. The topological polar surface area (TPSA) is 111 Å². The average Bonchev–Trinajstić information content (AvgIpc) is 2.97. The molecule has 140 valence electrons. The van der Waals surface area contributed by atoms with E-state index in [9.17, 15) is 9.59 Å². The highest BCUT2D eigenvalue weighted by Gasteiger charge is 2.24. The van der Waals surface area contributed by atoms with Gasteiger partial charge in [-0.1, -0.05) is 30.0 Å². The lowest BCUT2D eigenvalue weighted by atomic mass is 10.1. The standard InChI is InChI=1S/C19H20N4O3S/c1-4-26-18(25)13-9-21-19(23-17(13)20)27-11(3)16(24)15-10(2)22-14-8-6-5-7-12(14)15/h5-9,11,22H,4H2,1-3H3,(H2,20,21,23)/t11-/m1/s1. The van der Waals surface area contributed by atoms with Crippen molar-refractivity contribution in [1.29, 1.82) is 0 Å². The third kappa shape index (κ3) is 3.80. The Bertz CT molecular complexity index is 1020. The minimum atomic E-state index is -0.565. The first kappa shape index (κ1) is 18.9. The van der Waals surface area contributed by atoms with Gasteiger partial charge in [0.05, 0.1) is 11.9 Å². The summed E-state index contributed by atoms with van der Waals surface area (Å²) in [6, 6.07) is 7.69. The molecule has 2 aromatic heterocycles. The summed E-state index contributed by atoms with van der Waals surface area (Å²) in [5, 5.41) is 0.806. The molecule has 8 heteroatoms. The molecule has 0 unspecified atom stereocenters. The van der Waals surface area contributed by atoms with Gasteiger partial charge in [0.2, 0.25) is 0 Å². The number of hydrogen-bond donors (Lipinski definition) is 2. The van der Waals surface area contributed by atoms with E-state index in [0.717, 1.165) is 16.6 Å². The highest BCUT2D eigenvalue weighted by Crippen LogP contribution is 2.29. The summed E-state index contributed by atoms with van der Waals surface area (Å²) in [7, 11) is 0. The zero-order valence-electron chi connectivity index (χ0n) is 15.3. The van der Waals surface area contributed by atoms with Gasteiger partial charge in [-0.25, -0.2) is 14.8 Å². The van der Waals surface area contributed by atoms with Crippen LogP contribution in [0.5, 0.6) is 0 Å². The maximum absolute atomic E-state index is 13.0. The number of ketones is 1. The number of aromatic amines is 1. The summed E-state index contributed by atoms with van der Waals surface area (Å²) < 4.78 is 4.91. The van der Waals surface area contributed by atoms with Crippen LogP contribution in [0.25, 0.3) is 10.9 Å². The second-order valence-corrected chi connectivity index (χ2v) is 7.27. The largest absolute Gasteiger partial charge is 0.462 e. The molecule has 0 aliphatic carbocycles. The van der Waals surface area contributed by atoms with E-state index >= 15 is 0 Å². The number of aryl methyl sites for hydroxylation is 1. The number of aromatic nitrogens is 3. The van der Waals surface area contributed by atoms with Crippen molar-refractivity contribution in [1.82, 2.24) is 15.0 Å². The fourth-order valence-corrected chi connectivity index (χ4v) is 3.62. The lowest BCUT2D eigenvalue weighted by Crippen LogP contribution is -2.16. The van der Waals surface area contributed by atoms with Gasteiger partial charge in [0.25, 0.3) is 0 Å². The Balaban J connectivity index is 1.81. The molecule has 3 aromatic rings. The van der Waals surface area contributed by atoms with Crippen LogP contribution < -0.4 is 5.73 Å². The number of rotatable bonds is 6. The number of benzene rings is 1. The molecule has 0 fully saturated rings. The number of Topliss-reactive ketones (excluding diaryl/α,β-unsaturated/α-hetero) is 1. The number of H-pyrrole nitrogens is 1. The molecule has 3 N–H and O–H groups in total. The molecule has 27 heavy (non-hydrogen) atoms.